The molecule has 3 aromatic rings. The number of amides is 2. The van der Waals surface area contributed by atoms with Gasteiger partial charge in [0, 0.05) is 0 Å². The molecule has 0 saturated carbocycles. The van der Waals surface area contributed by atoms with Crippen molar-refractivity contribution >= 4 is 17.5 Å². The number of benzene rings is 3. The van der Waals surface area contributed by atoms with E-state index in [1.807, 2.05) is 99.6 Å². The van der Waals surface area contributed by atoms with Crippen LogP contribution in [0.1, 0.15) is 36.5 Å². The molecule has 0 heterocycles. The standard InChI is InChI=1S/C27H30N2O3/c1-18(2)25(27(31)28-22-17-19(3)15-16-23(22)32-4)29-26(30)24(20-11-7-5-8-12-20)21-13-9-6-10-14-21/h5-18,24-25H,1-4H3,(H,28,31)(H,29,30)/t25-/m0/s1. The predicted molar refractivity (Wildman–Crippen MR) is 128 cm³/mol. The number of carbonyl (C=O) groups excluding carboxylic acids is 2. The summed E-state index contributed by atoms with van der Waals surface area (Å²) in [4.78, 5) is 26.7. The SMILES string of the molecule is COc1ccc(C)cc1NC(=O)[C@@H](NC(=O)C(c1ccccc1)c1ccccc1)C(C)C. The summed E-state index contributed by atoms with van der Waals surface area (Å²) in [6.07, 6.45) is 0. The van der Waals surface area contributed by atoms with Crippen LogP contribution < -0.4 is 15.4 Å². The van der Waals surface area contributed by atoms with Crippen molar-refractivity contribution in [2.45, 2.75) is 32.7 Å². The van der Waals surface area contributed by atoms with E-state index < -0.39 is 12.0 Å². The molecule has 0 unspecified atom stereocenters. The van der Waals surface area contributed by atoms with Crippen molar-refractivity contribution in [3.63, 3.8) is 0 Å². The summed E-state index contributed by atoms with van der Waals surface area (Å²) in [5, 5.41) is 5.92. The number of nitrogens with one attached hydrogen (secondary N) is 2. The van der Waals surface area contributed by atoms with Crippen LogP contribution in [-0.4, -0.2) is 25.0 Å². The van der Waals surface area contributed by atoms with Crippen LogP contribution in [0.5, 0.6) is 5.75 Å². The number of ether oxygens (including phenoxy) is 1. The van der Waals surface area contributed by atoms with Crippen molar-refractivity contribution in [2.24, 2.45) is 5.92 Å². The molecule has 3 rings (SSSR count). The van der Waals surface area contributed by atoms with Crippen LogP contribution in [0.15, 0.2) is 78.9 Å². The number of aryl methyl sites for hydroxylation is 1. The summed E-state index contributed by atoms with van der Waals surface area (Å²) in [5.41, 5.74) is 3.33. The Morgan fingerprint density at radius 3 is 1.88 bits per heavy atom. The maximum absolute atomic E-state index is 13.5. The van der Waals surface area contributed by atoms with Crippen LogP contribution in [0.3, 0.4) is 0 Å². The lowest BCUT2D eigenvalue weighted by Gasteiger charge is -2.25. The largest absolute Gasteiger partial charge is 0.495 e. The van der Waals surface area contributed by atoms with Crippen molar-refractivity contribution in [1.82, 2.24) is 5.32 Å². The second-order valence-corrected chi connectivity index (χ2v) is 8.18. The molecule has 0 aliphatic carbocycles. The monoisotopic (exact) mass is 430 g/mol. The van der Waals surface area contributed by atoms with Gasteiger partial charge in [-0.15, -0.1) is 0 Å². The Hall–Kier alpha value is -3.60. The Morgan fingerprint density at radius 1 is 0.812 bits per heavy atom. The van der Waals surface area contributed by atoms with E-state index in [0.717, 1.165) is 16.7 Å². The van der Waals surface area contributed by atoms with Gasteiger partial charge >= 0.3 is 0 Å². The molecule has 0 aliphatic rings. The summed E-state index contributed by atoms with van der Waals surface area (Å²) in [6, 6.07) is 24.1. The number of hydrogen-bond donors (Lipinski definition) is 2. The summed E-state index contributed by atoms with van der Waals surface area (Å²) in [5.74, 6) is -0.546. The fraction of sp³-hybridized carbons (Fsp3) is 0.259. The molecule has 1 atom stereocenters. The molecule has 5 heteroatoms. The topological polar surface area (TPSA) is 67.4 Å². The Balaban J connectivity index is 1.86. The van der Waals surface area contributed by atoms with Gasteiger partial charge in [0.25, 0.3) is 0 Å². The van der Waals surface area contributed by atoms with Crippen LogP contribution in [0.4, 0.5) is 5.69 Å². The molecular weight excluding hydrogens is 400 g/mol. The van der Waals surface area contributed by atoms with Crippen LogP contribution >= 0.6 is 0 Å². The van der Waals surface area contributed by atoms with E-state index in [1.54, 1.807) is 7.11 Å². The molecule has 3 aromatic carbocycles. The summed E-state index contributed by atoms with van der Waals surface area (Å²) in [7, 11) is 1.56. The zero-order chi connectivity index (χ0) is 23.1. The summed E-state index contributed by atoms with van der Waals surface area (Å²) in [6.45, 7) is 5.78. The minimum atomic E-state index is -0.706. The Morgan fingerprint density at radius 2 is 1.38 bits per heavy atom. The van der Waals surface area contributed by atoms with Crippen molar-refractivity contribution in [2.75, 3.05) is 12.4 Å². The fourth-order valence-electron chi connectivity index (χ4n) is 3.69. The first-order valence-electron chi connectivity index (χ1n) is 10.8. The van der Waals surface area contributed by atoms with Gasteiger partial charge in [0.1, 0.15) is 11.8 Å². The average Bonchev–Trinajstić information content (AvgIpc) is 2.79. The predicted octanol–water partition coefficient (Wildman–Crippen LogP) is 4.92. The molecule has 0 aliphatic heterocycles. The van der Waals surface area contributed by atoms with Gasteiger partial charge in [-0.25, -0.2) is 0 Å². The Kier molecular flexibility index (Phi) is 7.66. The van der Waals surface area contributed by atoms with Crippen molar-refractivity contribution in [3.8, 4) is 5.75 Å². The van der Waals surface area contributed by atoms with Gasteiger partial charge < -0.3 is 15.4 Å². The van der Waals surface area contributed by atoms with Gasteiger partial charge in [0.05, 0.1) is 18.7 Å². The smallest absolute Gasteiger partial charge is 0.247 e. The molecule has 0 spiro atoms. The number of rotatable bonds is 8. The van der Waals surface area contributed by atoms with Crippen molar-refractivity contribution in [1.29, 1.82) is 0 Å². The first kappa shape index (κ1) is 23.1. The van der Waals surface area contributed by atoms with E-state index in [0.29, 0.717) is 11.4 Å². The van der Waals surface area contributed by atoms with E-state index >= 15 is 0 Å². The highest BCUT2D eigenvalue weighted by Gasteiger charge is 2.30. The Bertz CT molecular complexity index is 1010. The lowest BCUT2D eigenvalue weighted by atomic mass is 9.89. The third kappa shape index (κ3) is 5.55. The van der Waals surface area contributed by atoms with E-state index in [2.05, 4.69) is 10.6 Å². The quantitative estimate of drug-likeness (QED) is 0.533. The average molecular weight is 431 g/mol. The molecule has 0 bridgehead atoms. The highest BCUT2D eigenvalue weighted by Crippen LogP contribution is 2.27. The first-order valence-corrected chi connectivity index (χ1v) is 10.8. The van der Waals surface area contributed by atoms with Crippen molar-refractivity contribution in [3.05, 3.63) is 95.6 Å². The number of carbonyl (C=O) groups is 2. The molecule has 0 aromatic heterocycles. The summed E-state index contributed by atoms with van der Waals surface area (Å²) < 4.78 is 5.37. The third-order valence-electron chi connectivity index (χ3n) is 5.39. The van der Waals surface area contributed by atoms with E-state index in [9.17, 15) is 9.59 Å². The number of methoxy groups -OCH3 is 1. The van der Waals surface area contributed by atoms with E-state index in [-0.39, 0.29) is 17.7 Å². The van der Waals surface area contributed by atoms with Gasteiger partial charge in [-0.2, -0.15) is 0 Å². The fourth-order valence-corrected chi connectivity index (χ4v) is 3.69. The Labute approximate surface area is 189 Å². The van der Waals surface area contributed by atoms with Gasteiger partial charge in [-0.3, -0.25) is 9.59 Å². The molecular formula is C27H30N2O3. The molecule has 5 nitrogen and oxygen atoms in total. The molecule has 2 N–H and O–H groups in total. The first-order chi connectivity index (χ1) is 15.4. The third-order valence-corrected chi connectivity index (χ3v) is 5.39. The minimum Gasteiger partial charge on any atom is -0.495 e. The van der Waals surface area contributed by atoms with E-state index in [4.69, 9.17) is 4.74 Å². The van der Waals surface area contributed by atoms with Crippen LogP contribution in [0.25, 0.3) is 0 Å². The molecule has 166 valence electrons. The maximum Gasteiger partial charge on any atom is 0.247 e. The highest BCUT2D eigenvalue weighted by molar-refractivity contribution is 5.99. The molecule has 0 saturated heterocycles. The molecule has 0 radical (unpaired) electrons. The van der Waals surface area contributed by atoms with Crippen LogP contribution in [0.2, 0.25) is 0 Å². The zero-order valence-corrected chi connectivity index (χ0v) is 19.0. The lowest BCUT2D eigenvalue weighted by Crippen LogP contribution is -2.48. The molecule has 32 heavy (non-hydrogen) atoms. The number of hydrogen-bond acceptors (Lipinski definition) is 3. The van der Waals surface area contributed by atoms with Crippen LogP contribution in [-0.2, 0) is 9.59 Å². The second-order valence-electron chi connectivity index (χ2n) is 8.18. The van der Waals surface area contributed by atoms with Crippen LogP contribution in [0, 0.1) is 12.8 Å². The highest BCUT2D eigenvalue weighted by atomic mass is 16.5. The van der Waals surface area contributed by atoms with Gasteiger partial charge in [0.2, 0.25) is 11.8 Å². The zero-order valence-electron chi connectivity index (χ0n) is 19.0. The van der Waals surface area contributed by atoms with Gasteiger partial charge in [-0.05, 0) is 41.7 Å². The summed E-state index contributed by atoms with van der Waals surface area (Å²) >= 11 is 0. The maximum atomic E-state index is 13.5. The minimum absolute atomic E-state index is 0.109. The van der Waals surface area contributed by atoms with Gasteiger partial charge in [-0.1, -0.05) is 80.6 Å². The second kappa shape index (κ2) is 10.6. The lowest BCUT2D eigenvalue weighted by molar-refractivity contribution is -0.127. The number of anilines is 1. The molecule has 0 fully saturated rings. The normalized spacial score (nSPS) is 11.8. The van der Waals surface area contributed by atoms with Crippen molar-refractivity contribution < 1.29 is 14.3 Å². The molecule has 2 amide bonds. The van der Waals surface area contributed by atoms with Gasteiger partial charge in [0.15, 0.2) is 0 Å². The van der Waals surface area contributed by atoms with E-state index in [1.165, 1.54) is 0 Å².